The van der Waals surface area contributed by atoms with Crippen LogP contribution in [0.5, 0.6) is 0 Å². The summed E-state index contributed by atoms with van der Waals surface area (Å²) in [6.45, 7) is 15.1. The predicted octanol–water partition coefficient (Wildman–Crippen LogP) is 3.93. The fourth-order valence-electron chi connectivity index (χ4n) is 4.52. The van der Waals surface area contributed by atoms with Crippen LogP contribution in [-0.2, 0) is 14.3 Å². The molecule has 0 unspecified atom stereocenters. The highest BCUT2D eigenvalue weighted by molar-refractivity contribution is 7.10. The SMILES string of the molecule is CCCN([B]C=O)[C@@H](C[C@H](O)c1nc(C)cs1)C(C)C.CCOC(=O)c1csc([C@@H](O)C[C@@H](C(C)C)N(C)[B]C=O)n1. The number of rotatable bonds is 18. The molecule has 10 nitrogen and oxygen atoms in total. The highest BCUT2D eigenvalue weighted by Gasteiger charge is 2.27. The molecule has 0 aliphatic carbocycles. The zero-order chi connectivity index (χ0) is 31.8. The van der Waals surface area contributed by atoms with Crippen LogP contribution in [0, 0.1) is 18.8 Å². The Morgan fingerprint density at radius 3 is 1.98 bits per heavy atom. The monoisotopic (exact) mass is 620 g/mol. The summed E-state index contributed by atoms with van der Waals surface area (Å²) in [7, 11) is 4.84. The van der Waals surface area contributed by atoms with Crippen LogP contribution in [-0.4, -0.2) is 95.3 Å². The van der Waals surface area contributed by atoms with Crippen molar-refractivity contribution in [2.75, 3.05) is 20.2 Å². The molecule has 0 aliphatic rings. The molecule has 42 heavy (non-hydrogen) atoms. The average molecular weight is 620 g/mol. The first-order valence-corrected chi connectivity index (χ1v) is 16.1. The van der Waals surface area contributed by atoms with Crippen LogP contribution in [0.4, 0.5) is 0 Å². The van der Waals surface area contributed by atoms with E-state index in [9.17, 15) is 24.6 Å². The zero-order valence-electron chi connectivity index (χ0n) is 26.1. The summed E-state index contributed by atoms with van der Waals surface area (Å²) in [5.74, 6) is 0.123. The maximum Gasteiger partial charge on any atom is 0.357 e. The van der Waals surface area contributed by atoms with E-state index in [1.54, 1.807) is 31.6 Å². The van der Waals surface area contributed by atoms with E-state index in [1.165, 1.54) is 30.1 Å². The number of aliphatic hydroxyl groups is 2. The molecule has 0 amide bonds. The Morgan fingerprint density at radius 2 is 1.50 bits per heavy atom. The Kier molecular flexibility index (Phi) is 18.2. The van der Waals surface area contributed by atoms with Crippen LogP contribution in [0.2, 0.25) is 0 Å². The van der Waals surface area contributed by atoms with Gasteiger partial charge in [0.1, 0.15) is 22.2 Å². The molecule has 2 aromatic heterocycles. The Morgan fingerprint density at radius 1 is 0.952 bits per heavy atom. The van der Waals surface area contributed by atoms with Gasteiger partial charge in [0, 0.05) is 28.5 Å². The number of carbonyl (C=O) groups excluding carboxylic acids is 3. The van der Waals surface area contributed by atoms with Crippen LogP contribution < -0.4 is 0 Å². The van der Waals surface area contributed by atoms with E-state index in [2.05, 4.69) is 30.7 Å². The standard InChI is InChI=1S/C14H22BN2O4S.C14H24BN2O2S/c1-5-21-14(20)10-7-22-13(16-10)12(19)6-11(9(2)3)17(4)15-8-18;1-5-6-17(15-9-18)12(10(2)3)7-13(19)14-16-11(4)8-20-14/h7-9,11-12,19H,5-6H2,1-4H3;8-10,12-13,19H,5-7H2,1-4H3/t11-,12-;12-,13-/m00/s1. The predicted molar refractivity (Wildman–Crippen MR) is 171 cm³/mol. The van der Waals surface area contributed by atoms with E-state index in [0.29, 0.717) is 23.8 Å². The van der Waals surface area contributed by atoms with Crippen molar-refractivity contribution in [3.63, 3.8) is 0 Å². The third-order valence-corrected chi connectivity index (χ3v) is 8.67. The molecule has 2 N–H and O–H groups in total. The molecule has 2 rings (SSSR count). The molecule has 0 aliphatic heterocycles. The first-order chi connectivity index (χ1) is 19.9. The van der Waals surface area contributed by atoms with Gasteiger partial charge in [0.05, 0.1) is 19.0 Å². The lowest BCUT2D eigenvalue weighted by Crippen LogP contribution is -2.43. The average Bonchev–Trinajstić information content (AvgIpc) is 3.60. The maximum absolute atomic E-state index is 11.6. The van der Waals surface area contributed by atoms with Crippen molar-refractivity contribution in [3.05, 3.63) is 32.2 Å². The molecule has 2 aromatic rings. The lowest BCUT2D eigenvalue weighted by molar-refractivity contribution is 0.0519. The van der Waals surface area contributed by atoms with Crippen molar-refractivity contribution in [1.29, 1.82) is 0 Å². The van der Waals surface area contributed by atoms with Gasteiger partial charge in [-0.05, 0) is 58.5 Å². The van der Waals surface area contributed by atoms with Gasteiger partial charge in [-0.3, -0.25) is 0 Å². The number of nitrogens with zero attached hydrogens (tertiary/aromatic N) is 4. The van der Waals surface area contributed by atoms with E-state index in [4.69, 9.17) is 4.74 Å². The second-order valence-electron chi connectivity index (χ2n) is 10.7. The molecule has 2 heterocycles. The highest BCUT2D eigenvalue weighted by atomic mass is 32.1. The molecule has 0 fully saturated rings. The van der Waals surface area contributed by atoms with E-state index in [0.717, 1.165) is 36.0 Å². The molecule has 2 radical (unpaired) electrons. The van der Waals surface area contributed by atoms with Crippen molar-refractivity contribution >= 4 is 55.8 Å². The minimum absolute atomic E-state index is 0.00450. The van der Waals surface area contributed by atoms with E-state index in [-0.39, 0.29) is 30.3 Å². The molecule has 0 spiro atoms. The van der Waals surface area contributed by atoms with E-state index in [1.807, 2.05) is 31.0 Å². The van der Waals surface area contributed by atoms with Crippen molar-refractivity contribution < 1.29 is 29.3 Å². The normalized spacial score (nSPS) is 14.2. The molecule has 0 bridgehead atoms. The van der Waals surface area contributed by atoms with Gasteiger partial charge in [-0.15, -0.1) is 22.7 Å². The summed E-state index contributed by atoms with van der Waals surface area (Å²) in [6, 6.07) is 0.134. The van der Waals surface area contributed by atoms with Gasteiger partial charge in [-0.25, -0.2) is 14.8 Å². The maximum atomic E-state index is 11.6. The van der Waals surface area contributed by atoms with Gasteiger partial charge < -0.3 is 34.2 Å². The van der Waals surface area contributed by atoms with E-state index < -0.39 is 18.2 Å². The number of ether oxygens (including phenoxy) is 1. The summed E-state index contributed by atoms with van der Waals surface area (Å²) in [5, 5.41) is 25.5. The number of hydrogen-bond donors (Lipinski definition) is 2. The Labute approximate surface area is 260 Å². The lowest BCUT2D eigenvalue weighted by Gasteiger charge is -2.34. The second-order valence-corrected chi connectivity index (χ2v) is 12.5. The number of aryl methyl sites for hydroxylation is 1. The topological polar surface area (TPSA) is 133 Å². The Balaban J connectivity index is 0.000000422. The van der Waals surface area contributed by atoms with Crippen LogP contribution >= 0.6 is 22.7 Å². The third-order valence-electron chi connectivity index (χ3n) is 6.66. The van der Waals surface area contributed by atoms with Crippen LogP contribution in [0.1, 0.15) is 99.2 Å². The minimum atomic E-state index is -0.789. The number of thiazole rings is 2. The lowest BCUT2D eigenvalue weighted by atomic mass is 9.85. The highest BCUT2D eigenvalue weighted by Crippen LogP contribution is 2.28. The molecule has 0 saturated heterocycles. The Bertz CT molecular complexity index is 1070. The van der Waals surface area contributed by atoms with Gasteiger partial charge in [0.15, 0.2) is 5.69 Å². The number of carbonyl (C=O) groups is 3. The number of aliphatic hydroxyl groups excluding tert-OH is 2. The summed E-state index contributed by atoms with van der Waals surface area (Å²) in [5.41, 5.74) is 1.16. The molecule has 0 saturated carbocycles. The molecule has 14 heteroatoms. The number of esters is 1. The smallest absolute Gasteiger partial charge is 0.357 e. The first kappa shape index (κ1) is 38.1. The molecule has 4 atom stereocenters. The number of aromatic nitrogens is 2. The molecule has 232 valence electrons. The fourth-order valence-corrected chi connectivity index (χ4v) is 6.10. The quantitative estimate of drug-likeness (QED) is 0.144. The minimum Gasteiger partial charge on any atom is -0.461 e. The second kappa shape index (κ2) is 20.1. The molecular weight excluding hydrogens is 574 g/mol. The Hall–Kier alpha value is -1.96. The molecular formula is C28H46B2N4O6S2. The van der Waals surface area contributed by atoms with Crippen LogP contribution in [0.15, 0.2) is 10.8 Å². The summed E-state index contributed by atoms with van der Waals surface area (Å²) in [4.78, 5) is 45.3. The van der Waals surface area contributed by atoms with Gasteiger partial charge in [0.2, 0.25) is 0 Å². The molecule has 0 aromatic carbocycles. The van der Waals surface area contributed by atoms with Crippen molar-refractivity contribution in [2.45, 2.75) is 92.0 Å². The van der Waals surface area contributed by atoms with Gasteiger partial charge in [-0.1, -0.05) is 34.6 Å². The van der Waals surface area contributed by atoms with Crippen molar-refractivity contribution in [1.82, 2.24) is 19.6 Å². The third kappa shape index (κ3) is 12.7. The van der Waals surface area contributed by atoms with Gasteiger partial charge in [-0.2, -0.15) is 0 Å². The van der Waals surface area contributed by atoms with Gasteiger partial charge >= 0.3 is 5.97 Å². The van der Waals surface area contributed by atoms with Crippen molar-refractivity contribution in [2.24, 2.45) is 11.8 Å². The number of hydrogen-bond acceptors (Lipinski definition) is 12. The largest absolute Gasteiger partial charge is 0.461 e. The summed E-state index contributed by atoms with van der Waals surface area (Å²) < 4.78 is 4.88. The zero-order valence-corrected chi connectivity index (χ0v) is 27.7. The van der Waals surface area contributed by atoms with Crippen LogP contribution in [0.25, 0.3) is 0 Å². The van der Waals surface area contributed by atoms with Gasteiger partial charge in [0.25, 0.3) is 14.8 Å². The fraction of sp³-hybridized carbons (Fsp3) is 0.679. The van der Waals surface area contributed by atoms with E-state index >= 15 is 0 Å². The first-order valence-electron chi connectivity index (χ1n) is 14.3. The van der Waals surface area contributed by atoms with Crippen molar-refractivity contribution in [3.8, 4) is 0 Å². The van der Waals surface area contributed by atoms with Crippen LogP contribution in [0.3, 0.4) is 0 Å². The summed E-state index contributed by atoms with van der Waals surface area (Å²) >= 11 is 2.72. The summed E-state index contributed by atoms with van der Waals surface area (Å²) in [6.07, 6.45) is 2.18.